The van der Waals surface area contributed by atoms with Crippen LogP contribution in [-0.4, -0.2) is 24.5 Å². The average Bonchev–Trinajstić information content (AvgIpc) is 3.10. The maximum absolute atomic E-state index is 12.3. The number of carbonyl (C=O) groups is 1. The summed E-state index contributed by atoms with van der Waals surface area (Å²) in [5.41, 5.74) is 1.45. The molecule has 2 N–H and O–H groups in total. The van der Waals surface area contributed by atoms with Gasteiger partial charge in [0.15, 0.2) is 0 Å². The van der Waals surface area contributed by atoms with Gasteiger partial charge in [0.05, 0.1) is 0 Å². The summed E-state index contributed by atoms with van der Waals surface area (Å²) >= 11 is 0. The van der Waals surface area contributed by atoms with E-state index in [1.807, 2.05) is 31.2 Å². The molecule has 20 heavy (non-hydrogen) atoms. The van der Waals surface area contributed by atoms with Crippen molar-refractivity contribution in [1.82, 2.24) is 10.6 Å². The van der Waals surface area contributed by atoms with E-state index in [2.05, 4.69) is 10.6 Å². The van der Waals surface area contributed by atoms with Crippen molar-refractivity contribution < 1.29 is 9.21 Å². The Labute approximate surface area is 117 Å². The average molecular weight is 270 g/mol. The molecule has 104 valence electrons. The van der Waals surface area contributed by atoms with E-state index in [-0.39, 0.29) is 11.9 Å². The lowest BCUT2D eigenvalue weighted by Gasteiger charge is -2.23. The first-order valence-corrected chi connectivity index (χ1v) is 7.23. The van der Waals surface area contributed by atoms with Crippen LogP contribution in [0.4, 0.5) is 0 Å². The number of piperidine rings is 1. The lowest BCUT2D eigenvalue weighted by molar-refractivity contribution is 0.0928. The number of fused-ring (bicyclic) bond motifs is 3. The molecule has 1 amide bonds. The van der Waals surface area contributed by atoms with Crippen molar-refractivity contribution in [2.75, 3.05) is 6.54 Å². The maximum Gasteiger partial charge on any atom is 0.251 e. The molecule has 2 heterocycles. The van der Waals surface area contributed by atoms with Crippen LogP contribution in [0.1, 0.15) is 29.0 Å². The van der Waals surface area contributed by atoms with Crippen LogP contribution in [0.15, 0.2) is 28.7 Å². The quantitative estimate of drug-likeness (QED) is 0.879. The van der Waals surface area contributed by atoms with E-state index in [1.165, 1.54) is 6.42 Å². The Morgan fingerprint density at radius 2 is 2.25 bits per heavy atom. The third kappa shape index (κ3) is 1.91. The second-order valence-electron chi connectivity index (χ2n) is 6.04. The summed E-state index contributed by atoms with van der Waals surface area (Å²) in [5.74, 6) is 1.61. The van der Waals surface area contributed by atoms with Crippen LogP contribution in [0, 0.1) is 12.8 Å². The first-order chi connectivity index (χ1) is 9.69. The third-order valence-corrected chi connectivity index (χ3v) is 4.55. The molecule has 1 aromatic carbocycles. The molecule has 0 spiro atoms. The van der Waals surface area contributed by atoms with Crippen LogP contribution in [0.3, 0.4) is 0 Å². The lowest BCUT2D eigenvalue weighted by Crippen LogP contribution is -2.47. The Kier molecular flexibility index (Phi) is 2.60. The molecule has 2 aromatic rings. The number of hydrogen-bond donors (Lipinski definition) is 2. The Morgan fingerprint density at radius 1 is 1.35 bits per heavy atom. The minimum atomic E-state index is 0.000281. The van der Waals surface area contributed by atoms with Gasteiger partial charge in [0.25, 0.3) is 5.91 Å². The van der Waals surface area contributed by atoms with Gasteiger partial charge in [-0.15, -0.1) is 0 Å². The fourth-order valence-electron chi connectivity index (χ4n) is 3.57. The molecule has 4 nitrogen and oxygen atoms in total. The summed E-state index contributed by atoms with van der Waals surface area (Å²) in [7, 11) is 0. The molecule has 2 bridgehead atoms. The van der Waals surface area contributed by atoms with E-state index in [4.69, 9.17) is 4.42 Å². The monoisotopic (exact) mass is 270 g/mol. The molecule has 2 aliphatic rings. The van der Waals surface area contributed by atoms with Crippen molar-refractivity contribution in [1.29, 1.82) is 0 Å². The van der Waals surface area contributed by atoms with E-state index in [1.54, 1.807) is 0 Å². The van der Waals surface area contributed by atoms with Crippen molar-refractivity contribution in [2.24, 2.45) is 5.92 Å². The van der Waals surface area contributed by atoms with E-state index in [0.717, 1.165) is 35.6 Å². The highest BCUT2D eigenvalue weighted by molar-refractivity contribution is 5.97. The first-order valence-electron chi connectivity index (χ1n) is 7.23. The second-order valence-corrected chi connectivity index (χ2v) is 6.04. The summed E-state index contributed by atoms with van der Waals surface area (Å²) in [6.07, 6.45) is 2.30. The van der Waals surface area contributed by atoms with Gasteiger partial charge in [-0.25, -0.2) is 0 Å². The molecule has 1 aliphatic carbocycles. The molecule has 3 unspecified atom stereocenters. The standard InChI is InChI=1S/C16H18N2O2/c1-9-4-11-2-3-12(7-15(11)20-9)16(19)18-14-6-10-5-13(14)17-8-10/h2-4,7,10,13-14,17H,5-6,8H2,1H3,(H,18,19). The highest BCUT2D eigenvalue weighted by Crippen LogP contribution is 2.31. The smallest absolute Gasteiger partial charge is 0.251 e. The molecule has 1 aliphatic heterocycles. The normalized spacial score (nSPS) is 28.1. The van der Waals surface area contributed by atoms with Crippen LogP contribution in [0.2, 0.25) is 0 Å². The van der Waals surface area contributed by atoms with Crippen molar-refractivity contribution in [2.45, 2.75) is 31.8 Å². The van der Waals surface area contributed by atoms with Crippen LogP contribution in [0.5, 0.6) is 0 Å². The molecule has 1 saturated carbocycles. The Hall–Kier alpha value is -1.81. The van der Waals surface area contributed by atoms with E-state index < -0.39 is 0 Å². The fourth-order valence-corrected chi connectivity index (χ4v) is 3.57. The minimum absolute atomic E-state index is 0.000281. The molecular formula is C16H18N2O2. The molecule has 4 rings (SSSR count). The van der Waals surface area contributed by atoms with Crippen molar-refractivity contribution in [3.63, 3.8) is 0 Å². The SMILES string of the molecule is Cc1cc2ccc(C(=O)NC3CC4CNC3C4)cc2o1. The third-order valence-electron chi connectivity index (χ3n) is 4.55. The number of hydrogen-bond acceptors (Lipinski definition) is 3. The topological polar surface area (TPSA) is 54.3 Å². The largest absolute Gasteiger partial charge is 0.461 e. The van der Waals surface area contributed by atoms with Gasteiger partial charge in [0.1, 0.15) is 11.3 Å². The summed E-state index contributed by atoms with van der Waals surface area (Å²) in [5, 5.41) is 7.66. The number of rotatable bonds is 2. The number of carbonyl (C=O) groups excluding carboxylic acids is 1. The van der Waals surface area contributed by atoms with Gasteiger partial charge < -0.3 is 15.1 Å². The molecule has 0 radical (unpaired) electrons. The van der Waals surface area contributed by atoms with Crippen molar-refractivity contribution in [3.05, 3.63) is 35.6 Å². The Morgan fingerprint density at radius 3 is 3.00 bits per heavy atom. The van der Waals surface area contributed by atoms with Crippen LogP contribution >= 0.6 is 0 Å². The highest BCUT2D eigenvalue weighted by atomic mass is 16.3. The molecule has 1 saturated heterocycles. The highest BCUT2D eigenvalue weighted by Gasteiger charge is 2.40. The van der Waals surface area contributed by atoms with Crippen molar-refractivity contribution >= 4 is 16.9 Å². The van der Waals surface area contributed by atoms with E-state index in [9.17, 15) is 4.79 Å². The predicted molar refractivity (Wildman–Crippen MR) is 76.7 cm³/mol. The number of benzene rings is 1. The van der Waals surface area contributed by atoms with E-state index >= 15 is 0 Å². The van der Waals surface area contributed by atoms with Crippen LogP contribution < -0.4 is 10.6 Å². The summed E-state index contributed by atoms with van der Waals surface area (Å²) < 4.78 is 5.59. The van der Waals surface area contributed by atoms with Gasteiger partial charge in [-0.2, -0.15) is 0 Å². The number of amides is 1. The minimum Gasteiger partial charge on any atom is -0.461 e. The lowest BCUT2D eigenvalue weighted by atomic mass is 10.1. The maximum atomic E-state index is 12.3. The van der Waals surface area contributed by atoms with Gasteiger partial charge in [-0.1, -0.05) is 6.07 Å². The second kappa shape index (κ2) is 4.35. The summed E-state index contributed by atoms with van der Waals surface area (Å²) in [4.78, 5) is 12.3. The zero-order valence-corrected chi connectivity index (χ0v) is 11.5. The van der Waals surface area contributed by atoms with E-state index in [0.29, 0.717) is 11.6 Å². The van der Waals surface area contributed by atoms with Gasteiger partial charge in [-0.05, 0) is 50.4 Å². The van der Waals surface area contributed by atoms with Crippen LogP contribution in [0.25, 0.3) is 11.0 Å². The Bertz CT molecular complexity index is 676. The zero-order valence-electron chi connectivity index (χ0n) is 11.5. The molecule has 2 fully saturated rings. The molecule has 3 atom stereocenters. The fraction of sp³-hybridized carbons (Fsp3) is 0.438. The number of nitrogens with one attached hydrogen (secondary N) is 2. The van der Waals surface area contributed by atoms with Crippen LogP contribution in [-0.2, 0) is 0 Å². The molecule has 4 heteroatoms. The molecule has 1 aromatic heterocycles. The summed E-state index contributed by atoms with van der Waals surface area (Å²) in [6.45, 7) is 3.02. The predicted octanol–water partition coefficient (Wildman–Crippen LogP) is 2.22. The summed E-state index contributed by atoms with van der Waals surface area (Å²) in [6, 6.07) is 8.36. The molecular weight excluding hydrogens is 252 g/mol. The number of furan rings is 1. The van der Waals surface area contributed by atoms with Gasteiger partial charge >= 0.3 is 0 Å². The first kappa shape index (κ1) is 12.0. The van der Waals surface area contributed by atoms with Crippen molar-refractivity contribution in [3.8, 4) is 0 Å². The Balaban J connectivity index is 1.54. The van der Waals surface area contributed by atoms with Gasteiger partial charge in [0.2, 0.25) is 0 Å². The van der Waals surface area contributed by atoms with Gasteiger partial charge in [-0.3, -0.25) is 4.79 Å². The number of aryl methyl sites for hydroxylation is 1. The zero-order chi connectivity index (χ0) is 13.7. The van der Waals surface area contributed by atoms with Gasteiger partial charge in [0, 0.05) is 23.0 Å².